The van der Waals surface area contributed by atoms with E-state index in [4.69, 9.17) is 0 Å². The molecule has 0 aliphatic carbocycles. The number of benzene rings is 2. The molecule has 0 spiro atoms. The lowest BCUT2D eigenvalue weighted by atomic mass is 10.1. The molecule has 0 aromatic heterocycles. The number of anilines is 4. The maximum atomic E-state index is 12.2. The first-order chi connectivity index (χ1) is 16.0. The summed E-state index contributed by atoms with van der Waals surface area (Å²) in [7, 11) is 0. The van der Waals surface area contributed by atoms with Crippen LogP contribution in [0, 0.1) is 5.92 Å². The standard InChI is InChI=1S/C26H37N5O2/c1-5-30(6-2)23-14-22(15-24(16-23)31(7-3)8-4)29-21-11-9-19(10-12-21)17-28-26(33)20-13-25(32)27-18-20/h9-12,14-16,20,29H,5-8,13,17-18H2,1-4H3,(H,27,32)(H,28,33). The first-order valence-corrected chi connectivity index (χ1v) is 12.0. The number of nitrogens with zero attached hydrogens (tertiary/aromatic N) is 2. The van der Waals surface area contributed by atoms with Gasteiger partial charge < -0.3 is 25.8 Å². The Morgan fingerprint density at radius 1 is 0.909 bits per heavy atom. The van der Waals surface area contributed by atoms with Gasteiger partial charge in [-0.15, -0.1) is 0 Å². The molecular formula is C26H37N5O2. The van der Waals surface area contributed by atoms with Crippen LogP contribution < -0.4 is 25.8 Å². The molecule has 1 fully saturated rings. The highest BCUT2D eigenvalue weighted by atomic mass is 16.2. The molecule has 2 amide bonds. The minimum Gasteiger partial charge on any atom is -0.372 e. The molecular weight excluding hydrogens is 414 g/mol. The Bertz CT molecular complexity index is 906. The van der Waals surface area contributed by atoms with Crippen LogP contribution in [0.4, 0.5) is 22.7 Å². The van der Waals surface area contributed by atoms with Crippen LogP contribution in [0.15, 0.2) is 42.5 Å². The van der Waals surface area contributed by atoms with Gasteiger partial charge in [0, 0.05) is 68.4 Å². The lowest BCUT2D eigenvalue weighted by Gasteiger charge is -2.27. The van der Waals surface area contributed by atoms with E-state index in [1.807, 2.05) is 24.3 Å². The Morgan fingerprint density at radius 2 is 1.48 bits per heavy atom. The Kier molecular flexibility index (Phi) is 8.58. The predicted molar refractivity (Wildman–Crippen MR) is 136 cm³/mol. The van der Waals surface area contributed by atoms with Crippen LogP contribution in [0.3, 0.4) is 0 Å². The minimum atomic E-state index is -0.267. The van der Waals surface area contributed by atoms with Gasteiger partial charge in [-0.25, -0.2) is 0 Å². The first kappa shape index (κ1) is 24.4. The van der Waals surface area contributed by atoms with E-state index in [1.54, 1.807) is 0 Å². The van der Waals surface area contributed by atoms with Gasteiger partial charge in [0.1, 0.15) is 0 Å². The van der Waals surface area contributed by atoms with Gasteiger partial charge in [0.05, 0.1) is 5.92 Å². The van der Waals surface area contributed by atoms with Gasteiger partial charge in [0.2, 0.25) is 11.8 Å². The van der Waals surface area contributed by atoms with Gasteiger partial charge in [0.25, 0.3) is 0 Å². The molecule has 3 rings (SSSR count). The van der Waals surface area contributed by atoms with Crippen molar-refractivity contribution in [3.05, 3.63) is 48.0 Å². The highest BCUT2D eigenvalue weighted by Crippen LogP contribution is 2.30. The number of carbonyl (C=O) groups excluding carboxylic acids is 2. The van der Waals surface area contributed by atoms with Crippen LogP contribution in [0.5, 0.6) is 0 Å². The summed E-state index contributed by atoms with van der Waals surface area (Å²) in [6.07, 6.45) is 0.275. The van der Waals surface area contributed by atoms with E-state index in [0.717, 1.165) is 43.1 Å². The molecule has 1 unspecified atom stereocenters. The van der Waals surface area contributed by atoms with Crippen molar-refractivity contribution in [2.75, 3.05) is 47.8 Å². The molecule has 2 aromatic rings. The van der Waals surface area contributed by atoms with Crippen molar-refractivity contribution in [1.82, 2.24) is 10.6 Å². The van der Waals surface area contributed by atoms with E-state index < -0.39 is 0 Å². The van der Waals surface area contributed by atoms with Crippen molar-refractivity contribution >= 4 is 34.6 Å². The summed E-state index contributed by atoms with van der Waals surface area (Å²) in [6, 6.07) is 14.8. The van der Waals surface area contributed by atoms with Crippen LogP contribution in [0.2, 0.25) is 0 Å². The molecule has 0 radical (unpaired) electrons. The molecule has 2 aromatic carbocycles. The third-order valence-electron chi connectivity index (χ3n) is 6.22. The molecule has 0 bridgehead atoms. The van der Waals surface area contributed by atoms with Crippen LogP contribution in [0.1, 0.15) is 39.7 Å². The summed E-state index contributed by atoms with van der Waals surface area (Å²) in [5.41, 5.74) is 5.50. The van der Waals surface area contributed by atoms with Crippen LogP contribution >= 0.6 is 0 Å². The minimum absolute atomic E-state index is 0.0557. The largest absolute Gasteiger partial charge is 0.372 e. The summed E-state index contributed by atoms with van der Waals surface area (Å²) in [5.74, 6) is -0.399. The third kappa shape index (κ3) is 6.40. The quantitative estimate of drug-likeness (QED) is 0.483. The molecule has 7 nitrogen and oxygen atoms in total. The Labute approximate surface area is 197 Å². The van der Waals surface area contributed by atoms with Crippen molar-refractivity contribution in [3.63, 3.8) is 0 Å². The average Bonchev–Trinajstić information content (AvgIpc) is 3.26. The topological polar surface area (TPSA) is 76.7 Å². The maximum absolute atomic E-state index is 12.2. The first-order valence-electron chi connectivity index (χ1n) is 12.0. The molecule has 178 valence electrons. The molecule has 7 heteroatoms. The van der Waals surface area contributed by atoms with E-state index >= 15 is 0 Å². The summed E-state index contributed by atoms with van der Waals surface area (Å²) >= 11 is 0. The molecule has 33 heavy (non-hydrogen) atoms. The number of hydrogen-bond acceptors (Lipinski definition) is 5. The lowest BCUT2D eigenvalue weighted by Crippen LogP contribution is -2.31. The summed E-state index contributed by atoms with van der Waals surface area (Å²) in [4.78, 5) is 28.2. The fourth-order valence-electron chi connectivity index (χ4n) is 4.21. The van der Waals surface area contributed by atoms with Crippen molar-refractivity contribution in [2.24, 2.45) is 5.92 Å². The van der Waals surface area contributed by atoms with Gasteiger partial charge >= 0.3 is 0 Å². The fourth-order valence-corrected chi connectivity index (χ4v) is 4.21. The van der Waals surface area contributed by atoms with Crippen molar-refractivity contribution in [3.8, 4) is 0 Å². The Balaban J connectivity index is 1.69. The van der Waals surface area contributed by atoms with Gasteiger partial charge in [0.15, 0.2) is 0 Å². The second-order valence-corrected chi connectivity index (χ2v) is 8.33. The summed E-state index contributed by atoms with van der Waals surface area (Å²) in [5, 5.41) is 9.18. The van der Waals surface area contributed by atoms with E-state index in [0.29, 0.717) is 13.1 Å². The van der Waals surface area contributed by atoms with Crippen LogP contribution in [-0.4, -0.2) is 44.5 Å². The zero-order valence-electron chi connectivity index (χ0n) is 20.3. The zero-order valence-corrected chi connectivity index (χ0v) is 20.3. The number of amides is 2. The average molecular weight is 452 g/mol. The zero-order chi connectivity index (χ0) is 23.8. The molecule has 1 saturated heterocycles. The van der Waals surface area contributed by atoms with Crippen molar-refractivity contribution in [2.45, 2.75) is 40.7 Å². The Hall–Kier alpha value is -3.22. The molecule has 0 saturated carbocycles. The number of hydrogen-bond donors (Lipinski definition) is 3. The number of nitrogens with one attached hydrogen (secondary N) is 3. The SMILES string of the molecule is CCN(CC)c1cc(Nc2ccc(CNC(=O)C3CNC(=O)C3)cc2)cc(N(CC)CC)c1. The highest BCUT2D eigenvalue weighted by molar-refractivity contribution is 5.89. The molecule has 3 N–H and O–H groups in total. The smallest absolute Gasteiger partial charge is 0.225 e. The van der Waals surface area contributed by atoms with Gasteiger partial charge in [-0.1, -0.05) is 12.1 Å². The molecule has 1 atom stereocenters. The van der Waals surface area contributed by atoms with Crippen molar-refractivity contribution < 1.29 is 9.59 Å². The number of rotatable bonds is 11. The maximum Gasteiger partial charge on any atom is 0.225 e. The Morgan fingerprint density at radius 3 is 1.97 bits per heavy atom. The van der Waals surface area contributed by atoms with E-state index in [9.17, 15) is 9.59 Å². The second kappa shape index (κ2) is 11.6. The molecule has 1 aliphatic rings. The summed E-state index contributed by atoms with van der Waals surface area (Å²) in [6.45, 7) is 13.4. The normalized spacial score (nSPS) is 15.2. The summed E-state index contributed by atoms with van der Waals surface area (Å²) < 4.78 is 0. The van der Waals surface area contributed by atoms with Crippen LogP contribution in [-0.2, 0) is 16.1 Å². The van der Waals surface area contributed by atoms with Gasteiger partial charge in [-0.3, -0.25) is 9.59 Å². The number of carbonyl (C=O) groups is 2. The van der Waals surface area contributed by atoms with Gasteiger partial charge in [-0.2, -0.15) is 0 Å². The third-order valence-corrected chi connectivity index (χ3v) is 6.22. The lowest BCUT2D eigenvalue weighted by molar-refractivity contribution is -0.126. The highest BCUT2D eigenvalue weighted by Gasteiger charge is 2.27. The predicted octanol–water partition coefficient (Wildman–Crippen LogP) is 3.87. The second-order valence-electron chi connectivity index (χ2n) is 8.33. The van der Waals surface area contributed by atoms with Crippen molar-refractivity contribution in [1.29, 1.82) is 0 Å². The van der Waals surface area contributed by atoms with E-state index in [1.165, 1.54) is 11.4 Å². The fraction of sp³-hybridized carbons (Fsp3) is 0.462. The molecule has 1 heterocycles. The monoisotopic (exact) mass is 451 g/mol. The van der Waals surface area contributed by atoms with E-state index in [2.05, 4.69) is 71.6 Å². The van der Waals surface area contributed by atoms with Gasteiger partial charge in [-0.05, 0) is 63.6 Å². The van der Waals surface area contributed by atoms with E-state index in [-0.39, 0.29) is 24.2 Å². The molecule has 1 aliphatic heterocycles. The van der Waals surface area contributed by atoms with Crippen LogP contribution in [0.25, 0.3) is 0 Å².